The SMILES string of the molecule is CCCOc1cccc(/C(O)=C2\C(=O)C(=O)N(c3nc4ccc([N+](=O)[O-])cc4s3)C2c2cccnc2)c1. The summed E-state index contributed by atoms with van der Waals surface area (Å²) in [4.78, 5) is 47.2. The van der Waals surface area contributed by atoms with E-state index in [1.54, 1.807) is 42.6 Å². The van der Waals surface area contributed by atoms with Gasteiger partial charge in [-0.1, -0.05) is 36.5 Å². The first-order valence-electron chi connectivity index (χ1n) is 11.4. The van der Waals surface area contributed by atoms with Crippen LogP contribution in [0, 0.1) is 10.1 Å². The van der Waals surface area contributed by atoms with Crippen LogP contribution in [0.4, 0.5) is 10.8 Å². The van der Waals surface area contributed by atoms with Gasteiger partial charge in [-0.3, -0.25) is 29.6 Å². The Hall–Kier alpha value is -4.64. The Morgan fingerprint density at radius 2 is 2.03 bits per heavy atom. The number of ketones is 1. The highest BCUT2D eigenvalue weighted by Gasteiger charge is 2.48. The Kier molecular flexibility index (Phi) is 6.36. The van der Waals surface area contributed by atoms with Crippen LogP contribution >= 0.6 is 11.3 Å². The molecule has 1 aliphatic heterocycles. The summed E-state index contributed by atoms with van der Waals surface area (Å²) in [5.41, 5.74) is 1.03. The summed E-state index contributed by atoms with van der Waals surface area (Å²) in [7, 11) is 0. The molecule has 1 N–H and O–H groups in total. The standard InChI is InChI=1S/C26H20N4O6S/c1-2-11-36-18-7-3-5-15(12-18)23(31)21-22(16-6-4-10-27-14-16)29(25(33)24(21)32)26-28-19-9-8-17(30(34)35)13-20(19)37-26/h3-10,12-14,22,31H,2,11H2,1H3/b23-21+. The monoisotopic (exact) mass is 516 g/mol. The number of aromatic nitrogens is 2. The Balaban J connectivity index is 1.66. The number of hydrogen-bond donors (Lipinski definition) is 1. The van der Waals surface area contributed by atoms with Crippen molar-refractivity contribution in [2.24, 2.45) is 0 Å². The number of carbonyl (C=O) groups is 2. The first kappa shape index (κ1) is 24.1. The van der Waals surface area contributed by atoms with Crippen LogP contribution in [0.15, 0.2) is 72.6 Å². The number of pyridine rings is 1. The van der Waals surface area contributed by atoms with Gasteiger partial charge in [-0.25, -0.2) is 4.98 Å². The molecule has 0 bridgehead atoms. The molecule has 3 heterocycles. The first-order chi connectivity index (χ1) is 17.9. The van der Waals surface area contributed by atoms with E-state index in [1.807, 2.05) is 6.92 Å². The second kappa shape index (κ2) is 9.78. The summed E-state index contributed by atoms with van der Waals surface area (Å²) in [6.07, 6.45) is 3.87. The van der Waals surface area contributed by atoms with E-state index in [0.29, 0.717) is 33.7 Å². The number of ether oxygens (including phenoxy) is 1. The van der Waals surface area contributed by atoms with Crippen LogP contribution in [-0.4, -0.2) is 38.3 Å². The number of Topliss-reactive ketones (excluding diaryl/α,β-unsaturated/α-hetero) is 1. The number of carbonyl (C=O) groups excluding carboxylic acids is 2. The van der Waals surface area contributed by atoms with Crippen LogP contribution in [0.5, 0.6) is 5.75 Å². The van der Waals surface area contributed by atoms with Crippen molar-refractivity contribution in [2.75, 3.05) is 11.5 Å². The molecule has 0 radical (unpaired) electrons. The molecule has 1 unspecified atom stereocenters. The lowest BCUT2D eigenvalue weighted by Crippen LogP contribution is -2.29. The summed E-state index contributed by atoms with van der Waals surface area (Å²) < 4.78 is 6.14. The third-order valence-corrected chi connectivity index (χ3v) is 6.82. The maximum Gasteiger partial charge on any atom is 0.301 e. The number of amides is 1. The normalized spacial score (nSPS) is 16.9. The lowest BCUT2D eigenvalue weighted by molar-refractivity contribution is -0.384. The van der Waals surface area contributed by atoms with Crippen molar-refractivity contribution in [3.63, 3.8) is 0 Å². The van der Waals surface area contributed by atoms with Crippen LogP contribution in [0.2, 0.25) is 0 Å². The first-order valence-corrected chi connectivity index (χ1v) is 12.2. The van der Waals surface area contributed by atoms with Crippen molar-refractivity contribution in [2.45, 2.75) is 19.4 Å². The van der Waals surface area contributed by atoms with E-state index in [2.05, 4.69) is 9.97 Å². The molecule has 2 aromatic carbocycles. The zero-order valence-electron chi connectivity index (χ0n) is 19.5. The fourth-order valence-electron chi connectivity index (χ4n) is 4.11. The Labute approximate surface area is 214 Å². The molecule has 0 aliphatic carbocycles. The summed E-state index contributed by atoms with van der Waals surface area (Å²) >= 11 is 1.04. The van der Waals surface area contributed by atoms with Gasteiger partial charge in [-0.2, -0.15) is 0 Å². The molecule has 1 atom stereocenters. The molecule has 1 aliphatic rings. The second-order valence-corrected chi connectivity index (χ2v) is 9.25. The van der Waals surface area contributed by atoms with Crippen molar-refractivity contribution in [1.82, 2.24) is 9.97 Å². The molecule has 1 amide bonds. The van der Waals surface area contributed by atoms with Crippen molar-refractivity contribution >= 4 is 49.8 Å². The van der Waals surface area contributed by atoms with Gasteiger partial charge >= 0.3 is 5.91 Å². The topological polar surface area (TPSA) is 136 Å². The molecule has 37 heavy (non-hydrogen) atoms. The third kappa shape index (κ3) is 4.40. The van der Waals surface area contributed by atoms with Crippen molar-refractivity contribution in [3.05, 3.63) is 93.8 Å². The van der Waals surface area contributed by atoms with E-state index in [-0.39, 0.29) is 22.2 Å². The van der Waals surface area contributed by atoms with E-state index in [1.165, 1.54) is 29.3 Å². The Bertz CT molecular complexity index is 1570. The van der Waals surface area contributed by atoms with Gasteiger partial charge in [-0.15, -0.1) is 0 Å². The fraction of sp³-hybridized carbons (Fsp3) is 0.154. The zero-order chi connectivity index (χ0) is 26.1. The van der Waals surface area contributed by atoms with E-state index >= 15 is 0 Å². The smallest absolute Gasteiger partial charge is 0.301 e. The molecule has 1 fully saturated rings. The number of aliphatic hydroxyl groups excluding tert-OH is 1. The molecule has 11 heteroatoms. The summed E-state index contributed by atoms with van der Waals surface area (Å²) in [5, 5.41) is 22.7. The molecule has 2 aromatic heterocycles. The molecule has 0 saturated carbocycles. The van der Waals surface area contributed by atoms with Gasteiger partial charge in [0.15, 0.2) is 5.13 Å². The minimum absolute atomic E-state index is 0.112. The van der Waals surface area contributed by atoms with Crippen LogP contribution in [-0.2, 0) is 9.59 Å². The van der Waals surface area contributed by atoms with Crippen LogP contribution in [0.3, 0.4) is 0 Å². The van der Waals surface area contributed by atoms with Crippen LogP contribution < -0.4 is 9.64 Å². The third-order valence-electron chi connectivity index (χ3n) is 5.80. The molecule has 5 rings (SSSR count). The number of anilines is 1. The minimum Gasteiger partial charge on any atom is -0.507 e. The fourth-order valence-corrected chi connectivity index (χ4v) is 5.13. The molecule has 0 spiro atoms. The number of non-ortho nitro benzene ring substituents is 1. The van der Waals surface area contributed by atoms with E-state index in [4.69, 9.17) is 4.74 Å². The summed E-state index contributed by atoms with van der Waals surface area (Å²) in [6.45, 7) is 2.46. The highest BCUT2D eigenvalue weighted by Crippen LogP contribution is 2.44. The summed E-state index contributed by atoms with van der Waals surface area (Å²) in [6, 6.07) is 13.2. The number of thiazole rings is 1. The number of rotatable bonds is 7. The largest absolute Gasteiger partial charge is 0.507 e. The molecule has 10 nitrogen and oxygen atoms in total. The minimum atomic E-state index is -1.01. The molecule has 1 saturated heterocycles. The van der Waals surface area contributed by atoms with Crippen LogP contribution in [0.1, 0.15) is 30.5 Å². The van der Waals surface area contributed by atoms with Gasteiger partial charge < -0.3 is 9.84 Å². The number of nitro groups is 1. The summed E-state index contributed by atoms with van der Waals surface area (Å²) in [5.74, 6) is -1.59. The lowest BCUT2D eigenvalue weighted by atomic mass is 9.96. The van der Waals surface area contributed by atoms with Gasteiger partial charge in [0.05, 0.1) is 33.4 Å². The Morgan fingerprint density at radius 3 is 2.76 bits per heavy atom. The molecular formula is C26H20N4O6S. The zero-order valence-corrected chi connectivity index (χ0v) is 20.3. The van der Waals surface area contributed by atoms with Gasteiger partial charge in [-0.05, 0) is 36.2 Å². The highest BCUT2D eigenvalue weighted by molar-refractivity contribution is 7.22. The Morgan fingerprint density at radius 1 is 1.19 bits per heavy atom. The predicted molar refractivity (Wildman–Crippen MR) is 138 cm³/mol. The van der Waals surface area contributed by atoms with Gasteiger partial charge in [0.2, 0.25) is 0 Å². The highest BCUT2D eigenvalue weighted by atomic mass is 32.1. The molecular weight excluding hydrogens is 496 g/mol. The predicted octanol–water partition coefficient (Wildman–Crippen LogP) is 5.01. The van der Waals surface area contributed by atoms with Gasteiger partial charge in [0.25, 0.3) is 11.5 Å². The number of benzene rings is 2. The van der Waals surface area contributed by atoms with E-state index in [0.717, 1.165) is 17.8 Å². The lowest BCUT2D eigenvalue weighted by Gasteiger charge is -2.22. The average Bonchev–Trinajstić information content (AvgIpc) is 3.45. The van der Waals surface area contributed by atoms with Crippen molar-refractivity contribution in [3.8, 4) is 5.75 Å². The number of hydrogen-bond acceptors (Lipinski definition) is 9. The van der Waals surface area contributed by atoms with Gasteiger partial charge in [0, 0.05) is 30.1 Å². The van der Waals surface area contributed by atoms with Crippen molar-refractivity contribution < 1.29 is 24.4 Å². The number of nitrogens with zero attached hydrogens (tertiary/aromatic N) is 4. The number of fused-ring (bicyclic) bond motifs is 1. The van der Waals surface area contributed by atoms with E-state index < -0.39 is 22.7 Å². The quantitative estimate of drug-likeness (QED) is 0.119. The van der Waals surface area contributed by atoms with E-state index in [9.17, 15) is 24.8 Å². The van der Waals surface area contributed by atoms with Gasteiger partial charge in [0.1, 0.15) is 11.5 Å². The number of aliphatic hydroxyl groups is 1. The second-order valence-electron chi connectivity index (χ2n) is 8.24. The molecule has 4 aromatic rings. The maximum atomic E-state index is 13.3. The number of nitro benzene ring substituents is 1. The van der Waals surface area contributed by atoms with Crippen molar-refractivity contribution in [1.29, 1.82) is 0 Å². The maximum absolute atomic E-state index is 13.3. The average molecular weight is 517 g/mol. The molecule has 186 valence electrons. The van der Waals surface area contributed by atoms with Crippen LogP contribution in [0.25, 0.3) is 16.0 Å².